The minimum Gasteiger partial charge on any atom is -0.543 e. The molecule has 2 aliphatic rings. The molecule has 4 rings (SSSR count). The molecule has 1 saturated heterocycles. The second-order valence-corrected chi connectivity index (χ2v) is 9.21. The molecule has 4 heterocycles. The first kappa shape index (κ1) is 24.5. The van der Waals surface area contributed by atoms with Crippen molar-refractivity contribution in [3.63, 3.8) is 0 Å². The molecule has 162 valence electrons. The van der Waals surface area contributed by atoms with E-state index in [0.29, 0.717) is 16.4 Å². The summed E-state index contributed by atoms with van der Waals surface area (Å²) in [4.78, 5) is 41.9. The van der Waals surface area contributed by atoms with Gasteiger partial charge in [0.15, 0.2) is 10.8 Å². The fourth-order valence-electron chi connectivity index (χ4n) is 3.02. The summed E-state index contributed by atoms with van der Waals surface area (Å²) in [5, 5.41) is 38.0. The molecule has 17 heteroatoms. The standard InChI is InChI=1S/C15H14N8O5S3.Na/c16-15-18-6(4-31-15)8(21-28)11(24)19-9-12(25)23-10(14(26)27)5(3-30-13(9)23)2-29-7-1-17-22-20-7;/h1,4,9,13,28H,2-3H2,(H2,16,18)(H,19,24)(H,26,27)(H,17,20,22);/q;+1/p-1/b21-8+;. The number of rotatable bonds is 7. The molecule has 1 fully saturated rings. The number of nitrogens with one attached hydrogen (secondary N) is 2. The van der Waals surface area contributed by atoms with Crippen LogP contribution in [0.15, 0.2) is 33.0 Å². The van der Waals surface area contributed by atoms with E-state index in [1.165, 1.54) is 35.1 Å². The van der Waals surface area contributed by atoms with Gasteiger partial charge in [0, 0.05) is 16.9 Å². The Balaban J connectivity index is 0.00000289. The number of aromatic nitrogens is 4. The van der Waals surface area contributed by atoms with Gasteiger partial charge >= 0.3 is 29.6 Å². The molecule has 0 aliphatic carbocycles. The first-order chi connectivity index (χ1) is 14.9. The van der Waals surface area contributed by atoms with Crippen LogP contribution >= 0.6 is 34.9 Å². The minimum atomic E-state index is -1.48. The molecule has 0 saturated carbocycles. The summed E-state index contributed by atoms with van der Waals surface area (Å²) in [6.07, 6.45) is 1.50. The number of carbonyl (C=O) groups excluding carboxylic acids is 3. The Kier molecular flexibility index (Phi) is 7.84. The van der Waals surface area contributed by atoms with E-state index in [-0.39, 0.29) is 51.8 Å². The van der Waals surface area contributed by atoms with Gasteiger partial charge in [-0.1, -0.05) is 16.9 Å². The minimum absolute atomic E-state index is 0. The van der Waals surface area contributed by atoms with Gasteiger partial charge in [0.2, 0.25) is 0 Å². The third-order valence-electron chi connectivity index (χ3n) is 4.39. The Morgan fingerprint density at radius 1 is 1.50 bits per heavy atom. The summed E-state index contributed by atoms with van der Waals surface area (Å²) < 4.78 is 0. The Morgan fingerprint density at radius 2 is 2.28 bits per heavy atom. The van der Waals surface area contributed by atoms with Gasteiger partial charge in [-0.15, -0.1) is 28.2 Å². The maximum Gasteiger partial charge on any atom is 1.00 e. The first-order valence-electron chi connectivity index (χ1n) is 8.51. The number of hydrogen-bond acceptors (Lipinski definition) is 13. The molecular weight excluding hydrogens is 491 g/mol. The van der Waals surface area contributed by atoms with E-state index in [0.717, 1.165) is 16.2 Å². The quantitative estimate of drug-likeness (QED) is 0.0704. The normalized spacial score (nSPS) is 20.3. The maximum atomic E-state index is 12.7. The predicted octanol–water partition coefficient (Wildman–Crippen LogP) is -4.78. The van der Waals surface area contributed by atoms with Gasteiger partial charge < -0.3 is 26.2 Å². The van der Waals surface area contributed by atoms with E-state index < -0.39 is 34.9 Å². The number of thiazole rings is 1. The van der Waals surface area contributed by atoms with Gasteiger partial charge in [-0.2, -0.15) is 10.3 Å². The largest absolute Gasteiger partial charge is 1.00 e. The molecule has 13 nitrogen and oxygen atoms in total. The molecule has 0 bridgehead atoms. The summed E-state index contributed by atoms with van der Waals surface area (Å²) in [6, 6.07) is -0.996. The van der Waals surface area contributed by atoms with Crippen LogP contribution in [0.3, 0.4) is 0 Å². The number of carboxylic acids is 1. The number of fused-ring (bicyclic) bond motifs is 1. The predicted molar refractivity (Wildman–Crippen MR) is 109 cm³/mol. The Labute approximate surface area is 214 Å². The van der Waals surface area contributed by atoms with E-state index in [9.17, 15) is 24.7 Å². The third-order valence-corrected chi connectivity index (χ3v) is 7.39. The zero-order valence-electron chi connectivity index (χ0n) is 16.3. The molecule has 0 aromatic carbocycles. The molecular formula is C15H13N8NaO5S3. The smallest absolute Gasteiger partial charge is 0.543 e. The number of carboxylic acid groups (broad SMARTS) is 1. The van der Waals surface area contributed by atoms with Crippen molar-refractivity contribution in [3.05, 3.63) is 28.5 Å². The van der Waals surface area contributed by atoms with Crippen molar-refractivity contribution in [1.82, 2.24) is 30.6 Å². The zero-order chi connectivity index (χ0) is 22.1. The summed E-state index contributed by atoms with van der Waals surface area (Å²) in [5.41, 5.74) is 5.48. The molecule has 2 aromatic heterocycles. The van der Waals surface area contributed by atoms with Gasteiger partial charge in [-0.3, -0.25) is 14.5 Å². The van der Waals surface area contributed by atoms with Crippen LogP contribution in [0.5, 0.6) is 0 Å². The molecule has 2 unspecified atom stereocenters. The van der Waals surface area contributed by atoms with Gasteiger partial charge in [0.05, 0.1) is 17.9 Å². The van der Waals surface area contributed by atoms with E-state index in [1.54, 1.807) is 0 Å². The molecule has 2 aromatic rings. The van der Waals surface area contributed by atoms with Crippen LogP contribution in [0.4, 0.5) is 5.13 Å². The van der Waals surface area contributed by atoms with Crippen LogP contribution in [0.25, 0.3) is 0 Å². The second-order valence-electron chi connectivity index (χ2n) is 6.22. The molecule has 2 aliphatic heterocycles. The van der Waals surface area contributed by atoms with Crippen LogP contribution in [-0.4, -0.2) is 76.9 Å². The number of amides is 2. The molecule has 2 amide bonds. The van der Waals surface area contributed by atoms with Gasteiger partial charge in [0.25, 0.3) is 11.8 Å². The van der Waals surface area contributed by atoms with Gasteiger partial charge in [-0.05, 0) is 5.57 Å². The number of oxime groups is 1. The van der Waals surface area contributed by atoms with Crippen LogP contribution < -0.4 is 45.7 Å². The molecule has 2 atom stereocenters. The fraction of sp³-hybridized carbons (Fsp3) is 0.267. The summed E-state index contributed by atoms with van der Waals surface area (Å²) in [7, 11) is 0. The van der Waals surface area contributed by atoms with Crippen molar-refractivity contribution in [1.29, 1.82) is 0 Å². The number of aliphatic carboxylic acids is 1. The van der Waals surface area contributed by atoms with Crippen molar-refractivity contribution in [2.75, 3.05) is 17.2 Å². The summed E-state index contributed by atoms with van der Waals surface area (Å²) in [5.74, 6) is -2.32. The van der Waals surface area contributed by atoms with E-state index in [1.807, 2.05) is 0 Å². The van der Waals surface area contributed by atoms with Crippen molar-refractivity contribution in [3.8, 4) is 0 Å². The number of nitrogen functional groups attached to an aromatic ring is 1. The first-order valence-corrected chi connectivity index (χ1v) is 11.4. The average molecular weight is 505 g/mol. The summed E-state index contributed by atoms with van der Waals surface area (Å²) in [6.45, 7) is 0. The van der Waals surface area contributed by atoms with Crippen LogP contribution in [-0.2, 0) is 14.4 Å². The van der Waals surface area contributed by atoms with Crippen molar-refractivity contribution >= 4 is 63.5 Å². The molecule has 32 heavy (non-hydrogen) atoms. The number of nitrogens with two attached hydrogens (primary N) is 1. The zero-order valence-corrected chi connectivity index (χ0v) is 20.8. The van der Waals surface area contributed by atoms with Crippen molar-refractivity contribution < 1.29 is 54.3 Å². The number of anilines is 1. The Morgan fingerprint density at radius 3 is 2.88 bits per heavy atom. The van der Waals surface area contributed by atoms with E-state index in [2.05, 4.69) is 30.9 Å². The molecule has 0 spiro atoms. The number of thioether (sulfide) groups is 2. The van der Waals surface area contributed by atoms with Crippen LogP contribution in [0.2, 0.25) is 0 Å². The Hall–Kier alpha value is -2.11. The van der Waals surface area contributed by atoms with E-state index in [4.69, 9.17) is 5.73 Å². The van der Waals surface area contributed by atoms with Crippen LogP contribution in [0, 0.1) is 0 Å². The number of aromatic amines is 1. The molecule has 0 radical (unpaired) electrons. The second kappa shape index (κ2) is 10.2. The average Bonchev–Trinajstić information content (AvgIpc) is 3.42. The topological polar surface area (TPSA) is 203 Å². The maximum absolute atomic E-state index is 12.7. The Bertz CT molecular complexity index is 1100. The van der Waals surface area contributed by atoms with Crippen LogP contribution in [0.1, 0.15) is 5.69 Å². The monoisotopic (exact) mass is 504 g/mol. The summed E-state index contributed by atoms with van der Waals surface area (Å²) >= 11 is 3.62. The number of hydrogen-bond donors (Lipinski definition) is 4. The van der Waals surface area contributed by atoms with Crippen molar-refractivity contribution in [2.24, 2.45) is 5.16 Å². The fourth-order valence-corrected chi connectivity index (χ4v) is 5.84. The number of β-lactam (4-membered cyclic amide) rings is 1. The SMILES string of the molecule is Nc1nc(/C(=N\O)C(=O)NC2C(=O)N3C(C(=O)[O-])=C(CSc4cn[nH]n4)CSC23)cs1.[Na+]. The van der Waals surface area contributed by atoms with Crippen molar-refractivity contribution in [2.45, 2.75) is 16.4 Å². The molecule has 5 N–H and O–H groups in total. The van der Waals surface area contributed by atoms with Gasteiger partial charge in [-0.25, -0.2) is 4.98 Å². The number of H-pyrrole nitrogens is 1. The third kappa shape index (κ3) is 4.65. The number of carbonyl (C=O) groups is 3. The number of nitrogens with zero attached hydrogens (tertiary/aromatic N) is 5. The van der Waals surface area contributed by atoms with Gasteiger partial charge in [0.1, 0.15) is 22.1 Å². The van der Waals surface area contributed by atoms with E-state index >= 15 is 0 Å².